The molecule has 0 unspecified atom stereocenters. The van der Waals surface area contributed by atoms with Gasteiger partial charge >= 0.3 is 0 Å². The average Bonchev–Trinajstić information content (AvgIpc) is 1.46. The van der Waals surface area contributed by atoms with Gasteiger partial charge in [-0.2, -0.15) is 0 Å². The molecule has 100 heavy (non-hydrogen) atoms. The lowest BCUT2D eigenvalue weighted by Gasteiger charge is -2.22. The highest BCUT2D eigenvalue weighted by atomic mass is 15.1. The first kappa shape index (κ1) is 57.6. The summed E-state index contributed by atoms with van der Waals surface area (Å²) in [6, 6.07) is 93.5. The summed E-state index contributed by atoms with van der Waals surface area (Å²) in [5, 5.41) is 22.6. The van der Waals surface area contributed by atoms with Gasteiger partial charge in [-0.05, 0) is 197 Å². The summed E-state index contributed by atoms with van der Waals surface area (Å²) >= 11 is 0. The van der Waals surface area contributed by atoms with Crippen LogP contribution in [-0.2, 0) is 5.41 Å². The molecule has 0 saturated heterocycles. The Kier molecular flexibility index (Phi) is 12.5. The van der Waals surface area contributed by atoms with Crippen LogP contribution in [0.3, 0.4) is 0 Å². The normalized spacial score (nSPS) is 12.8. The molecule has 0 atom stereocenters. The van der Waals surface area contributed by atoms with Crippen molar-refractivity contribution in [3.8, 4) is 56.0 Å². The summed E-state index contributed by atoms with van der Waals surface area (Å²) in [5.74, 6) is 0.704. The van der Waals surface area contributed by atoms with Crippen molar-refractivity contribution in [2.24, 2.45) is 0 Å². The van der Waals surface area contributed by atoms with Crippen LogP contribution < -0.4 is 0 Å². The first-order valence-electron chi connectivity index (χ1n) is 34.6. The van der Waals surface area contributed by atoms with Crippen molar-refractivity contribution >= 4 is 125 Å². The van der Waals surface area contributed by atoms with E-state index in [1.807, 2.05) is 41.3 Å². The fraction of sp³-hybridized carbons (Fsp3) is 0.0753. The Bertz CT molecular complexity index is 6890. The van der Waals surface area contributed by atoms with Crippen molar-refractivity contribution in [2.75, 3.05) is 0 Å². The van der Waals surface area contributed by atoms with Crippen LogP contribution >= 0.6 is 0 Å². The molecule has 21 rings (SSSR count). The van der Waals surface area contributed by atoms with Gasteiger partial charge in [0.05, 0.1) is 27.8 Å². The van der Waals surface area contributed by atoms with Crippen molar-refractivity contribution in [1.82, 2.24) is 33.5 Å². The SMILES string of the molecule is Cc1c(C)n(-c2ccc3c(c2)C(C)(C)c2ccccc2-3)c2c3ccccc3c3cc(-c4ccc(-c5cn6cccnc6n5)cc4)c4ccccc4c3c12.Cc1c(C)n(-c2ccc3ccccc3c2)c2c3ccccc3c3cc(-c4cnc5c(ccc6cccnc65)c4)c4ccccc4c3c12. The van der Waals surface area contributed by atoms with Crippen LogP contribution in [0.1, 0.15) is 47.5 Å². The summed E-state index contributed by atoms with van der Waals surface area (Å²) in [7, 11) is 0. The maximum absolute atomic E-state index is 5.00. The van der Waals surface area contributed by atoms with E-state index in [4.69, 9.17) is 9.97 Å². The van der Waals surface area contributed by atoms with Gasteiger partial charge in [0, 0.05) is 103 Å². The molecule has 0 radical (unpaired) electrons. The molecule has 6 heterocycles. The molecule has 7 nitrogen and oxygen atoms in total. The Morgan fingerprint density at radius 1 is 0.330 bits per heavy atom. The Balaban J connectivity index is 0.000000136. The summed E-state index contributed by atoms with van der Waals surface area (Å²) < 4.78 is 6.97. The van der Waals surface area contributed by atoms with Crippen molar-refractivity contribution in [3.05, 3.63) is 319 Å². The molecule has 6 aromatic heterocycles. The highest BCUT2D eigenvalue weighted by Gasteiger charge is 2.36. The van der Waals surface area contributed by atoms with Gasteiger partial charge in [-0.25, -0.2) is 9.97 Å². The second-order valence-electron chi connectivity index (χ2n) is 27.8. The van der Waals surface area contributed by atoms with Crippen LogP contribution in [0.2, 0.25) is 0 Å². The third-order valence-electron chi connectivity index (χ3n) is 22.2. The minimum absolute atomic E-state index is 0.0720. The number of pyridine rings is 2. The van der Waals surface area contributed by atoms with E-state index < -0.39 is 0 Å². The predicted octanol–water partition coefficient (Wildman–Crippen LogP) is 24.0. The number of benzene rings is 14. The number of aromatic nitrogens is 7. The van der Waals surface area contributed by atoms with E-state index >= 15 is 0 Å². The monoisotopic (exact) mass is 1280 g/mol. The van der Waals surface area contributed by atoms with Gasteiger partial charge in [0.25, 0.3) is 0 Å². The number of hydrogen-bond acceptors (Lipinski definition) is 4. The molecule has 20 aromatic rings. The average molecular weight is 1280 g/mol. The number of rotatable bonds is 5. The number of nitrogens with zero attached hydrogens (tertiary/aromatic N) is 7. The molecule has 1 aliphatic carbocycles. The molecular formula is C93H65N7. The Hall–Kier alpha value is -12.6. The van der Waals surface area contributed by atoms with E-state index in [1.165, 1.54) is 170 Å². The summed E-state index contributed by atoms with van der Waals surface area (Å²) in [4.78, 5) is 18.8. The van der Waals surface area contributed by atoms with Crippen LogP contribution in [0.25, 0.3) is 181 Å². The number of imidazole rings is 1. The summed E-state index contributed by atoms with van der Waals surface area (Å²) in [6.45, 7) is 13.9. The van der Waals surface area contributed by atoms with Crippen LogP contribution in [0.5, 0.6) is 0 Å². The smallest absolute Gasteiger partial charge is 0.234 e. The van der Waals surface area contributed by atoms with Crippen LogP contribution in [-0.4, -0.2) is 33.5 Å². The highest BCUT2D eigenvalue weighted by molar-refractivity contribution is 6.35. The van der Waals surface area contributed by atoms with E-state index in [9.17, 15) is 0 Å². The van der Waals surface area contributed by atoms with Crippen molar-refractivity contribution in [3.63, 3.8) is 0 Å². The predicted molar refractivity (Wildman–Crippen MR) is 419 cm³/mol. The molecule has 0 spiro atoms. The zero-order valence-electron chi connectivity index (χ0n) is 56.3. The molecule has 0 aliphatic heterocycles. The van der Waals surface area contributed by atoms with Gasteiger partial charge in [0.15, 0.2) is 0 Å². The molecule has 7 heteroatoms. The fourth-order valence-corrected chi connectivity index (χ4v) is 17.2. The van der Waals surface area contributed by atoms with Crippen LogP contribution in [0.15, 0.2) is 286 Å². The van der Waals surface area contributed by atoms with Gasteiger partial charge in [0.1, 0.15) is 0 Å². The minimum Gasteiger partial charge on any atom is -0.313 e. The quantitative estimate of drug-likeness (QED) is 0.161. The first-order chi connectivity index (χ1) is 49.0. The van der Waals surface area contributed by atoms with Gasteiger partial charge in [-0.3, -0.25) is 14.4 Å². The van der Waals surface area contributed by atoms with E-state index in [-0.39, 0.29) is 5.41 Å². The number of fused-ring (bicyclic) bond motifs is 24. The Morgan fingerprint density at radius 3 is 1.51 bits per heavy atom. The van der Waals surface area contributed by atoms with Gasteiger partial charge < -0.3 is 9.13 Å². The third kappa shape index (κ3) is 8.39. The second kappa shape index (κ2) is 21.7. The lowest BCUT2D eigenvalue weighted by atomic mass is 9.82. The van der Waals surface area contributed by atoms with E-state index in [0.29, 0.717) is 5.78 Å². The highest BCUT2D eigenvalue weighted by Crippen LogP contribution is 2.52. The van der Waals surface area contributed by atoms with Crippen molar-refractivity contribution < 1.29 is 0 Å². The number of hydrogen-bond donors (Lipinski definition) is 0. The third-order valence-corrected chi connectivity index (χ3v) is 22.2. The van der Waals surface area contributed by atoms with Crippen LogP contribution in [0.4, 0.5) is 0 Å². The van der Waals surface area contributed by atoms with Gasteiger partial charge in [-0.1, -0.05) is 214 Å². The maximum Gasteiger partial charge on any atom is 0.234 e. The van der Waals surface area contributed by atoms with E-state index in [0.717, 1.165) is 38.6 Å². The lowest BCUT2D eigenvalue weighted by molar-refractivity contribution is 0.659. The molecule has 0 bridgehead atoms. The van der Waals surface area contributed by atoms with E-state index in [1.54, 1.807) is 6.20 Å². The summed E-state index contributed by atoms with van der Waals surface area (Å²) in [5.41, 5.74) is 24.1. The molecule has 0 fully saturated rings. The zero-order chi connectivity index (χ0) is 66.8. The fourth-order valence-electron chi connectivity index (χ4n) is 17.2. The van der Waals surface area contributed by atoms with Gasteiger partial charge in [0.2, 0.25) is 5.78 Å². The maximum atomic E-state index is 5.00. The Morgan fingerprint density at radius 2 is 0.840 bits per heavy atom. The standard InChI is InChI=1S/C49H36N4.C44H29N3/c1-29-30(2)53(33-22-23-37-36-14-9-10-17-42(36)49(3,4)43(37)26-33)47-39-16-8-6-13-35(39)41-27-40(34-12-5-7-15-38(34)46(41)45(29)47)31-18-20-32(21-19-31)44-28-52-25-11-24-50-48(52)51-44;1-26-27(2)47(33-20-19-28-10-3-4-11-30(28)23-33)44-37-16-8-6-14-35(37)39-24-38(34-13-5-7-15-36(34)41(39)40(26)44)32-22-31-18-17-29-12-9-21-45-42(29)43(31)46-25-32/h5-28H,1-4H3;3-25H,1-2H3. The molecule has 1 aliphatic rings. The molecule has 14 aromatic carbocycles. The van der Waals surface area contributed by atoms with Crippen molar-refractivity contribution in [2.45, 2.75) is 47.0 Å². The molecule has 472 valence electrons. The second-order valence-corrected chi connectivity index (χ2v) is 27.8. The van der Waals surface area contributed by atoms with E-state index in [2.05, 4.69) is 303 Å². The molecule has 0 N–H and O–H groups in total. The van der Waals surface area contributed by atoms with Gasteiger partial charge in [-0.15, -0.1) is 0 Å². The largest absolute Gasteiger partial charge is 0.313 e. The molecule has 0 amide bonds. The Labute approximate surface area is 577 Å². The van der Waals surface area contributed by atoms with Crippen LogP contribution in [0, 0.1) is 27.7 Å². The minimum atomic E-state index is -0.0720. The topological polar surface area (TPSA) is 65.8 Å². The zero-order valence-corrected chi connectivity index (χ0v) is 56.3. The molecular weight excluding hydrogens is 1220 g/mol. The van der Waals surface area contributed by atoms with Crippen molar-refractivity contribution in [1.29, 1.82) is 0 Å². The lowest BCUT2D eigenvalue weighted by Crippen LogP contribution is -2.15. The molecule has 0 saturated carbocycles. The summed E-state index contributed by atoms with van der Waals surface area (Å²) in [6.07, 6.45) is 9.67. The first-order valence-corrected chi connectivity index (χ1v) is 34.6. The number of aryl methyl sites for hydroxylation is 2.